The van der Waals surface area contributed by atoms with Crippen molar-refractivity contribution in [3.05, 3.63) is 34.3 Å². The Morgan fingerprint density at radius 3 is 2.59 bits per heavy atom. The molecule has 0 aliphatic rings. The van der Waals surface area contributed by atoms with Crippen LogP contribution in [-0.4, -0.2) is 22.7 Å². The van der Waals surface area contributed by atoms with Gasteiger partial charge in [0.15, 0.2) is 0 Å². The first kappa shape index (κ1) is 14.0. The molecule has 0 heterocycles. The minimum Gasteiger partial charge on any atom is -0.391 e. The van der Waals surface area contributed by atoms with Gasteiger partial charge in [-0.15, -0.1) is 0 Å². The number of aryl methyl sites for hydroxylation is 1. The van der Waals surface area contributed by atoms with Crippen LogP contribution in [-0.2, 0) is 0 Å². The van der Waals surface area contributed by atoms with Crippen molar-refractivity contribution in [1.29, 1.82) is 0 Å². The van der Waals surface area contributed by atoms with E-state index < -0.39 is 11.6 Å². The zero-order valence-electron chi connectivity index (χ0n) is 10.5. The summed E-state index contributed by atoms with van der Waals surface area (Å²) >= 11 is 6.07. The van der Waals surface area contributed by atoms with Gasteiger partial charge in [-0.25, -0.2) is 0 Å². The molecule has 1 rings (SSSR count). The second-order valence-electron chi connectivity index (χ2n) is 4.79. The summed E-state index contributed by atoms with van der Waals surface area (Å²) in [5, 5.41) is 12.8. The molecule has 0 aliphatic heterocycles. The van der Waals surface area contributed by atoms with Crippen LogP contribution in [0.3, 0.4) is 0 Å². The average molecular weight is 256 g/mol. The van der Waals surface area contributed by atoms with Crippen LogP contribution in [0.15, 0.2) is 18.2 Å². The Morgan fingerprint density at radius 1 is 1.47 bits per heavy atom. The van der Waals surface area contributed by atoms with Gasteiger partial charge in [-0.2, -0.15) is 0 Å². The normalized spacial score (nSPS) is 13.3. The van der Waals surface area contributed by atoms with Crippen molar-refractivity contribution in [3.63, 3.8) is 0 Å². The first-order valence-corrected chi connectivity index (χ1v) is 5.89. The molecule has 0 radical (unpaired) electrons. The predicted octanol–water partition coefficient (Wildman–Crippen LogP) is 2.54. The third kappa shape index (κ3) is 3.20. The van der Waals surface area contributed by atoms with Crippen LogP contribution in [0.2, 0.25) is 5.02 Å². The van der Waals surface area contributed by atoms with E-state index in [0.717, 1.165) is 5.56 Å². The van der Waals surface area contributed by atoms with Gasteiger partial charge in [0.1, 0.15) is 0 Å². The van der Waals surface area contributed by atoms with Crippen LogP contribution in [0.5, 0.6) is 0 Å². The third-order valence-corrected chi connectivity index (χ3v) is 3.42. The molecule has 1 aromatic carbocycles. The van der Waals surface area contributed by atoms with Gasteiger partial charge < -0.3 is 10.4 Å². The molecule has 1 aromatic rings. The highest BCUT2D eigenvalue weighted by Crippen LogP contribution is 2.21. The van der Waals surface area contributed by atoms with Gasteiger partial charge in [0, 0.05) is 0 Å². The first-order chi connectivity index (χ1) is 7.75. The molecule has 0 saturated carbocycles. The lowest BCUT2D eigenvalue weighted by molar-refractivity contribution is 0.0709. The summed E-state index contributed by atoms with van der Waals surface area (Å²) in [6, 6.07) is 5.30. The van der Waals surface area contributed by atoms with Gasteiger partial charge in [-0.3, -0.25) is 4.79 Å². The zero-order chi connectivity index (χ0) is 13.2. The molecule has 17 heavy (non-hydrogen) atoms. The lowest BCUT2D eigenvalue weighted by Crippen LogP contribution is -2.51. The minimum atomic E-state index is -0.690. The second kappa shape index (κ2) is 5.07. The van der Waals surface area contributed by atoms with Crippen LogP contribution in [0, 0.1) is 6.92 Å². The van der Waals surface area contributed by atoms with Crippen LogP contribution < -0.4 is 5.32 Å². The monoisotopic (exact) mass is 255 g/mol. The van der Waals surface area contributed by atoms with Crippen molar-refractivity contribution in [2.75, 3.05) is 0 Å². The first-order valence-electron chi connectivity index (χ1n) is 5.51. The maximum absolute atomic E-state index is 12.0. The number of benzene rings is 1. The van der Waals surface area contributed by atoms with Crippen molar-refractivity contribution in [1.82, 2.24) is 5.32 Å². The van der Waals surface area contributed by atoms with E-state index in [1.165, 1.54) is 0 Å². The Kier molecular flexibility index (Phi) is 4.17. The van der Waals surface area contributed by atoms with Crippen molar-refractivity contribution in [2.45, 2.75) is 39.3 Å². The summed E-state index contributed by atoms with van der Waals surface area (Å²) in [5.41, 5.74) is 0.596. The fourth-order valence-corrected chi connectivity index (χ4v) is 1.50. The highest BCUT2D eigenvalue weighted by atomic mass is 35.5. The van der Waals surface area contributed by atoms with Crippen molar-refractivity contribution < 1.29 is 9.90 Å². The molecule has 1 unspecified atom stereocenters. The largest absolute Gasteiger partial charge is 0.391 e. The second-order valence-corrected chi connectivity index (χ2v) is 5.17. The highest BCUT2D eigenvalue weighted by molar-refractivity contribution is 6.34. The molecule has 0 aliphatic carbocycles. The lowest BCUT2D eigenvalue weighted by atomic mass is 9.98. The van der Waals surface area contributed by atoms with Gasteiger partial charge >= 0.3 is 0 Å². The molecule has 4 heteroatoms. The number of amides is 1. The van der Waals surface area contributed by atoms with Crippen LogP contribution in [0.4, 0.5) is 0 Å². The molecular weight excluding hydrogens is 238 g/mol. The molecule has 0 aromatic heterocycles. The molecule has 0 fully saturated rings. The van der Waals surface area contributed by atoms with E-state index in [2.05, 4.69) is 5.32 Å². The van der Waals surface area contributed by atoms with E-state index in [1.807, 2.05) is 13.0 Å². The van der Waals surface area contributed by atoms with Gasteiger partial charge in [0.2, 0.25) is 0 Å². The quantitative estimate of drug-likeness (QED) is 0.872. The van der Waals surface area contributed by atoms with Crippen LogP contribution >= 0.6 is 11.6 Å². The lowest BCUT2D eigenvalue weighted by Gasteiger charge is -2.29. The fourth-order valence-electron chi connectivity index (χ4n) is 1.29. The molecular formula is C13H18ClNO2. The predicted molar refractivity (Wildman–Crippen MR) is 69.4 cm³/mol. The number of hydrogen-bond donors (Lipinski definition) is 2. The molecule has 0 saturated heterocycles. The maximum atomic E-state index is 12.0. The van der Waals surface area contributed by atoms with E-state index in [0.29, 0.717) is 10.6 Å². The van der Waals surface area contributed by atoms with E-state index in [-0.39, 0.29) is 5.91 Å². The number of nitrogens with one attached hydrogen (secondary N) is 1. The molecule has 0 spiro atoms. The highest BCUT2D eigenvalue weighted by Gasteiger charge is 2.27. The standard InChI is InChI=1S/C13H18ClNO2/c1-8-6-5-7-10(11(8)14)12(17)15-13(3,4)9(2)16/h5-7,9,16H,1-4H3,(H,15,17). The number of rotatable bonds is 3. The van der Waals surface area contributed by atoms with E-state index in [1.54, 1.807) is 32.9 Å². The van der Waals surface area contributed by atoms with Gasteiger partial charge in [0.25, 0.3) is 5.91 Å². The topological polar surface area (TPSA) is 49.3 Å². The van der Waals surface area contributed by atoms with E-state index >= 15 is 0 Å². The van der Waals surface area contributed by atoms with Gasteiger partial charge in [-0.05, 0) is 39.3 Å². The number of aliphatic hydroxyl groups excluding tert-OH is 1. The molecule has 0 bridgehead atoms. The maximum Gasteiger partial charge on any atom is 0.253 e. The van der Waals surface area contributed by atoms with Gasteiger partial charge in [0.05, 0.1) is 22.2 Å². The summed E-state index contributed by atoms with van der Waals surface area (Å²) in [4.78, 5) is 12.0. The van der Waals surface area contributed by atoms with Gasteiger partial charge in [-0.1, -0.05) is 23.7 Å². The number of aliphatic hydroxyl groups is 1. The summed E-state index contributed by atoms with van der Waals surface area (Å²) < 4.78 is 0. The minimum absolute atomic E-state index is 0.274. The van der Waals surface area contributed by atoms with Crippen molar-refractivity contribution >= 4 is 17.5 Å². The Labute approximate surface area is 107 Å². The Bertz CT molecular complexity index is 427. The number of carbonyl (C=O) groups is 1. The Balaban J connectivity index is 2.95. The third-order valence-electron chi connectivity index (χ3n) is 2.92. The zero-order valence-corrected chi connectivity index (χ0v) is 11.3. The van der Waals surface area contributed by atoms with E-state index in [9.17, 15) is 9.90 Å². The van der Waals surface area contributed by atoms with Crippen LogP contribution in [0.1, 0.15) is 36.7 Å². The number of halogens is 1. The van der Waals surface area contributed by atoms with E-state index in [4.69, 9.17) is 11.6 Å². The Morgan fingerprint density at radius 2 is 2.06 bits per heavy atom. The number of carbonyl (C=O) groups excluding carboxylic acids is 1. The van der Waals surface area contributed by atoms with Crippen molar-refractivity contribution in [3.8, 4) is 0 Å². The molecule has 94 valence electrons. The van der Waals surface area contributed by atoms with Crippen molar-refractivity contribution in [2.24, 2.45) is 0 Å². The molecule has 1 atom stereocenters. The van der Waals surface area contributed by atoms with Crippen LogP contribution in [0.25, 0.3) is 0 Å². The molecule has 2 N–H and O–H groups in total. The smallest absolute Gasteiger partial charge is 0.253 e. The SMILES string of the molecule is Cc1cccc(C(=O)NC(C)(C)C(C)O)c1Cl. The summed E-state index contributed by atoms with van der Waals surface area (Å²) in [7, 11) is 0. The average Bonchev–Trinajstić information content (AvgIpc) is 2.21. The fraction of sp³-hybridized carbons (Fsp3) is 0.462. The summed E-state index contributed by atoms with van der Waals surface area (Å²) in [6.07, 6.45) is -0.643. The Hall–Kier alpha value is -1.06. The summed E-state index contributed by atoms with van der Waals surface area (Å²) in [6.45, 7) is 7.01. The summed E-state index contributed by atoms with van der Waals surface area (Å²) in [5.74, 6) is -0.274. The number of hydrogen-bond acceptors (Lipinski definition) is 2. The molecule has 3 nitrogen and oxygen atoms in total. The molecule has 1 amide bonds.